The molecule has 1 rings (SSSR count). The molecule has 1 aliphatic heterocycles. The van der Waals surface area contributed by atoms with E-state index in [1.807, 2.05) is 7.05 Å². The number of carbonyl (C=O) groups is 1. The average molecular weight is 209 g/mol. The molecule has 0 radical (unpaired) electrons. The fourth-order valence-electron chi connectivity index (χ4n) is 1.70. The number of likely N-dealkylation sites (N-methyl/N-ethyl adjacent to an activating group) is 1. The Bertz CT molecular complexity index is 164. The molecule has 78 valence electrons. The van der Waals surface area contributed by atoms with Crippen LogP contribution in [0.15, 0.2) is 0 Å². The van der Waals surface area contributed by atoms with Gasteiger partial charge in [0.05, 0.1) is 0 Å². The van der Waals surface area contributed by atoms with Gasteiger partial charge in [-0.15, -0.1) is 12.4 Å². The van der Waals surface area contributed by atoms with Crippen molar-refractivity contribution in [3.05, 3.63) is 0 Å². The molecule has 0 aromatic carbocycles. The normalized spacial score (nSPS) is 22.2. The number of nitrogens with one attached hydrogen (secondary N) is 1. The second kappa shape index (κ2) is 6.05. The first kappa shape index (κ1) is 12.5. The molecule has 1 saturated heterocycles. The maximum Gasteiger partial charge on any atom is 0.407 e. The van der Waals surface area contributed by atoms with Crippen LogP contribution in [0.2, 0.25) is 0 Å². The Morgan fingerprint density at radius 3 is 2.85 bits per heavy atom. The number of carboxylic acid groups (broad SMARTS) is 1. The molecule has 0 aromatic rings. The lowest BCUT2D eigenvalue weighted by Crippen LogP contribution is -2.47. The summed E-state index contributed by atoms with van der Waals surface area (Å²) in [6, 6.07) is 0.182. The maximum absolute atomic E-state index is 10.7. The summed E-state index contributed by atoms with van der Waals surface area (Å²) in [6.07, 6.45) is 2.37. The number of nitrogens with zero attached hydrogens (tertiary/aromatic N) is 1. The van der Waals surface area contributed by atoms with Crippen molar-refractivity contribution in [3.63, 3.8) is 0 Å². The Hall–Kier alpha value is -0.480. The van der Waals surface area contributed by atoms with E-state index in [9.17, 15) is 4.79 Å². The molecule has 2 N–H and O–H groups in total. The summed E-state index contributed by atoms with van der Waals surface area (Å²) < 4.78 is 0. The molecule has 1 amide bonds. The van der Waals surface area contributed by atoms with Gasteiger partial charge in [-0.3, -0.25) is 0 Å². The first-order valence-corrected chi connectivity index (χ1v) is 4.40. The van der Waals surface area contributed by atoms with Crippen LogP contribution < -0.4 is 5.32 Å². The predicted octanol–water partition coefficient (Wildman–Crippen LogP) is 1.16. The zero-order valence-electron chi connectivity index (χ0n) is 7.82. The number of rotatable bonds is 2. The van der Waals surface area contributed by atoms with Gasteiger partial charge in [0, 0.05) is 19.1 Å². The van der Waals surface area contributed by atoms with Crippen LogP contribution >= 0.6 is 12.4 Å². The van der Waals surface area contributed by atoms with Crippen molar-refractivity contribution in [1.29, 1.82) is 0 Å². The first-order valence-electron chi connectivity index (χ1n) is 4.40. The van der Waals surface area contributed by atoms with E-state index in [0.717, 1.165) is 25.8 Å². The van der Waals surface area contributed by atoms with Crippen LogP contribution in [0.1, 0.15) is 19.3 Å². The lowest BCUT2D eigenvalue weighted by atomic mass is 10.0. The van der Waals surface area contributed by atoms with Gasteiger partial charge in [-0.25, -0.2) is 4.79 Å². The lowest BCUT2D eigenvalue weighted by Gasteiger charge is -2.33. The van der Waals surface area contributed by atoms with Crippen LogP contribution in [0.25, 0.3) is 0 Å². The van der Waals surface area contributed by atoms with Gasteiger partial charge in [0.25, 0.3) is 0 Å². The smallest absolute Gasteiger partial charge is 0.407 e. The summed E-state index contributed by atoms with van der Waals surface area (Å²) in [5.41, 5.74) is 0. The lowest BCUT2D eigenvalue weighted by molar-refractivity contribution is 0.107. The molecule has 1 fully saturated rings. The zero-order valence-corrected chi connectivity index (χ0v) is 8.64. The van der Waals surface area contributed by atoms with Crippen LogP contribution in [0.5, 0.6) is 0 Å². The van der Waals surface area contributed by atoms with Gasteiger partial charge in [-0.05, 0) is 26.3 Å². The van der Waals surface area contributed by atoms with Crippen LogP contribution in [-0.2, 0) is 0 Å². The van der Waals surface area contributed by atoms with Crippen LogP contribution in [0, 0.1) is 0 Å². The van der Waals surface area contributed by atoms with Gasteiger partial charge in [-0.1, -0.05) is 0 Å². The molecule has 0 saturated carbocycles. The summed E-state index contributed by atoms with van der Waals surface area (Å²) in [6.45, 7) is 1.47. The molecule has 0 spiro atoms. The van der Waals surface area contributed by atoms with E-state index in [0.29, 0.717) is 6.54 Å². The van der Waals surface area contributed by atoms with Crippen molar-refractivity contribution in [1.82, 2.24) is 10.2 Å². The van der Waals surface area contributed by atoms with E-state index in [1.165, 1.54) is 0 Å². The molecule has 1 atom stereocenters. The van der Waals surface area contributed by atoms with Gasteiger partial charge in [0.2, 0.25) is 0 Å². The highest BCUT2D eigenvalue weighted by atomic mass is 35.5. The highest BCUT2D eigenvalue weighted by Crippen LogP contribution is 2.15. The van der Waals surface area contributed by atoms with Crippen molar-refractivity contribution >= 4 is 18.5 Å². The van der Waals surface area contributed by atoms with Crippen LogP contribution in [0.3, 0.4) is 0 Å². The minimum Gasteiger partial charge on any atom is -0.465 e. The number of piperidine rings is 1. The first-order chi connectivity index (χ1) is 5.75. The molecule has 0 aliphatic carbocycles. The monoisotopic (exact) mass is 208 g/mol. The predicted molar refractivity (Wildman–Crippen MR) is 53.5 cm³/mol. The standard InChI is InChI=1S/C8H16N2O2.ClH/c1-9-6-7-4-2-3-5-10(7)8(11)12;/h7,9H,2-6H2,1H3,(H,11,12);1H. The molecule has 1 heterocycles. The Balaban J connectivity index is 0.00000144. The Morgan fingerprint density at radius 2 is 2.31 bits per heavy atom. The molecular weight excluding hydrogens is 192 g/mol. The summed E-state index contributed by atoms with van der Waals surface area (Å²) in [5, 5.41) is 11.9. The molecule has 4 nitrogen and oxygen atoms in total. The number of amides is 1. The molecule has 0 aromatic heterocycles. The van der Waals surface area contributed by atoms with Gasteiger partial charge < -0.3 is 15.3 Å². The minimum atomic E-state index is -0.782. The zero-order chi connectivity index (χ0) is 8.97. The van der Waals surface area contributed by atoms with Gasteiger partial charge in [0.1, 0.15) is 0 Å². The average Bonchev–Trinajstić information content (AvgIpc) is 2.05. The number of hydrogen-bond donors (Lipinski definition) is 2. The van der Waals surface area contributed by atoms with Crippen molar-refractivity contribution < 1.29 is 9.90 Å². The number of hydrogen-bond acceptors (Lipinski definition) is 2. The summed E-state index contributed by atoms with van der Waals surface area (Å²) in [4.78, 5) is 12.3. The van der Waals surface area contributed by atoms with Gasteiger partial charge in [0.15, 0.2) is 0 Å². The second-order valence-corrected chi connectivity index (χ2v) is 3.18. The number of halogens is 1. The highest BCUT2D eigenvalue weighted by Gasteiger charge is 2.25. The Labute approximate surface area is 84.7 Å². The molecule has 5 heteroatoms. The van der Waals surface area contributed by atoms with Gasteiger partial charge in [-0.2, -0.15) is 0 Å². The third-order valence-corrected chi connectivity index (χ3v) is 2.31. The highest BCUT2D eigenvalue weighted by molar-refractivity contribution is 5.85. The Morgan fingerprint density at radius 1 is 1.62 bits per heavy atom. The molecular formula is C8H17ClN2O2. The van der Waals surface area contributed by atoms with Gasteiger partial charge >= 0.3 is 6.09 Å². The van der Waals surface area contributed by atoms with E-state index < -0.39 is 6.09 Å². The fourth-order valence-corrected chi connectivity index (χ4v) is 1.70. The summed E-state index contributed by atoms with van der Waals surface area (Å²) in [5.74, 6) is 0. The summed E-state index contributed by atoms with van der Waals surface area (Å²) >= 11 is 0. The van der Waals surface area contributed by atoms with E-state index >= 15 is 0 Å². The minimum absolute atomic E-state index is 0. The Kier molecular flexibility index (Phi) is 5.82. The third-order valence-electron chi connectivity index (χ3n) is 2.31. The number of likely N-dealkylation sites (tertiary alicyclic amines) is 1. The molecule has 1 aliphatic rings. The van der Waals surface area contributed by atoms with E-state index in [-0.39, 0.29) is 18.4 Å². The fraction of sp³-hybridized carbons (Fsp3) is 0.875. The molecule has 0 bridgehead atoms. The van der Waals surface area contributed by atoms with E-state index in [1.54, 1.807) is 4.90 Å². The maximum atomic E-state index is 10.7. The van der Waals surface area contributed by atoms with Crippen molar-refractivity contribution in [2.75, 3.05) is 20.1 Å². The van der Waals surface area contributed by atoms with Crippen molar-refractivity contribution in [2.24, 2.45) is 0 Å². The summed E-state index contributed by atoms with van der Waals surface area (Å²) in [7, 11) is 1.86. The molecule has 13 heavy (non-hydrogen) atoms. The third kappa shape index (κ3) is 3.40. The van der Waals surface area contributed by atoms with Crippen LogP contribution in [-0.4, -0.2) is 42.3 Å². The van der Waals surface area contributed by atoms with Crippen molar-refractivity contribution in [3.8, 4) is 0 Å². The van der Waals surface area contributed by atoms with Crippen molar-refractivity contribution in [2.45, 2.75) is 25.3 Å². The van der Waals surface area contributed by atoms with E-state index in [2.05, 4.69) is 5.32 Å². The largest absolute Gasteiger partial charge is 0.465 e. The van der Waals surface area contributed by atoms with Crippen LogP contribution in [0.4, 0.5) is 4.79 Å². The van der Waals surface area contributed by atoms with E-state index in [4.69, 9.17) is 5.11 Å². The topological polar surface area (TPSA) is 52.6 Å². The quantitative estimate of drug-likeness (QED) is 0.716. The SMILES string of the molecule is CNCC1CCCCN1C(=O)O.Cl. The molecule has 1 unspecified atom stereocenters. The second-order valence-electron chi connectivity index (χ2n) is 3.18.